The normalized spacial score (nSPS) is 16.2. The summed E-state index contributed by atoms with van der Waals surface area (Å²) in [5, 5.41) is 3.78. The van der Waals surface area contributed by atoms with Gasteiger partial charge in [-0.15, -0.1) is 0 Å². The van der Waals surface area contributed by atoms with Crippen LogP contribution in [0.15, 0.2) is 54.9 Å². The Bertz CT molecular complexity index is 1120. The highest BCUT2D eigenvalue weighted by atomic mass is 35.5. The molecular formula is C23H22Cl2N4O3. The Labute approximate surface area is 195 Å². The van der Waals surface area contributed by atoms with Crippen LogP contribution in [-0.4, -0.2) is 46.6 Å². The zero-order valence-electron chi connectivity index (χ0n) is 17.3. The summed E-state index contributed by atoms with van der Waals surface area (Å²) in [7, 11) is 1.31. The molecule has 3 aromatic rings. The summed E-state index contributed by atoms with van der Waals surface area (Å²) >= 11 is 12.6. The first-order chi connectivity index (χ1) is 15.5. The van der Waals surface area contributed by atoms with Crippen molar-refractivity contribution in [2.24, 2.45) is 0 Å². The maximum atomic E-state index is 13.4. The van der Waals surface area contributed by atoms with Crippen LogP contribution in [0.5, 0.6) is 0 Å². The number of aromatic nitrogens is 2. The average Bonchev–Trinajstić information content (AvgIpc) is 3.27. The van der Waals surface area contributed by atoms with Crippen molar-refractivity contribution in [2.45, 2.75) is 24.9 Å². The van der Waals surface area contributed by atoms with E-state index in [1.165, 1.54) is 7.11 Å². The summed E-state index contributed by atoms with van der Waals surface area (Å²) in [5.74, 6) is -0.513. The Hall–Kier alpha value is -3.03. The van der Waals surface area contributed by atoms with Gasteiger partial charge in [-0.25, -0.2) is 14.6 Å². The first-order valence-electron chi connectivity index (χ1n) is 10.1. The van der Waals surface area contributed by atoms with Gasteiger partial charge in [0.15, 0.2) is 0 Å². The molecule has 9 heteroatoms. The lowest BCUT2D eigenvalue weighted by Crippen LogP contribution is -2.52. The van der Waals surface area contributed by atoms with Crippen molar-refractivity contribution < 1.29 is 14.3 Å². The van der Waals surface area contributed by atoms with Crippen LogP contribution in [0.4, 0.5) is 4.79 Å². The molecule has 0 fully saturated rings. The van der Waals surface area contributed by atoms with E-state index in [0.29, 0.717) is 40.7 Å². The second kappa shape index (κ2) is 9.63. The van der Waals surface area contributed by atoms with Crippen LogP contribution in [0.3, 0.4) is 0 Å². The van der Waals surface area contributed by atoms with E-state index >= 15 is 0 Å². The molecule has 0 spiro atoms. The lowest BCUT2D eigenvalue weighted by Gasteiger charge is -2.36. The highest BCUT2D eigenvalue weighted by molar-refractivity contribution is 6.35. The molecule has 1 aromatic heterocycles. The molecule has 2 N–H and O–H groups in total. The third kappa shape index (κ3) is 4.59. The highest BCUT2D eigenvalue weighted by Gasteiger charge is 2.36. The van der Waals surface area contributed by atoms with Gasteiger partial charge in [-0.3, -0.25) is 0 Å². The quantitative estimate of drug-likeness (QED) is 0.545. The predicted molar refractivity (Wildman–Crippen MR) is 122 cm³/mol. The van der Waals surface area contributed by atoms with Crippen molar-refractivity contribution in [1.82, 2.24) is 20.2 Å². The maximum absolute atomic E-state index is 13.4. The summed E-state index contributed by atoms with van der Waals surface area (Å²) < 4.78 is 4.94. The van der Waals surface area contributed by atoms with Gasteiger partial charge >= 0.3 is 12.0 Å². The van der Waals surface area contributed by atoms with Crippen molar-refractivity contribution in [1.29, 1.82) is 0 Å². The lowest BCUT2D eigenvalue weighted by atomic mass is 9.96. The number of nitrogens with one attached hydrogen (secondary N) is 2. The number of aromatic amines is 1. The number of amides is 2. The molecule has 0 bridgehead atoms. The molecule has 0 aliphatic carbocycles. The number of imidazole rings is 1. The molecule has 1 aliphatic rings. The number of rotatable bonds is 5. The van der Waals surface area contributed by atoms with Crippen molar-refractivity contribution in [3.8, 4) is 0 Å². The Kier molecular flexibility index (Phi) is 6.67. The number of halogens is 2. The zero-order chi connectivity index (χ0) is 22.7. The van der Waals surface area contributed by atoms with Gasteiger partial charge in [-0.1, -0.05) is 59.6 Å². The van der Waals surface area contributed by atoms with E-state index in [1.54, 1.807) is 29.4 Å². The smallest absolute Gasteiger partial charge is 0.328 e. The topological polar surface area (TPSA) is 87.3 Å². The molecule has 1 aliphatic heterocycles. The highest BCUT2D eigenvalue weighted by Crippen LogP contribution is 2.37. The van der Waals surface area contributed by atoms with Gasteiger partial charge in [0, 0.05) is 35.1 Å². The Balaban J connectivity index is 1.63. The number of carbonyl (C=O) groups is 2. The number of hydrogen-bond acceptors (Lipinski definition) is 4. The molecule has 2 aromatic carbocycles. The summed E-state index contributed by atoms with van der Waals surface area (Å²) in [6.45, 7) is 0.421. The van der Waals surface area contributed by atoms with E-state index in [1.807, 2.05) is 30.3 Å². The molecular weight excluding hydrogens is 451 g/mol. The largest absolute Gasteiger partial charge is 0.467 e. The van der Waals surface area contributed by atoms with Gasteiger partial charge in [0.05, 0.1) is 19.1 Å². The van der Waals surface area contributed by atoms with Crippen LogP contribution >= 0.6 is 23.2 Å². The van der Waals surface area contributed by atoms with E-state index in [9.17, 15) is 9.59 Å². The van der Waals surface area contributed by atoms with Crippen molar-refractivity contribution in [3.05, 3.63) is 87.4 Å². The van der Waals surface area contributed by atoms with Gasteiger partial charge in [-0.05, 0) is 23.3 Å². The summed E-state index contributed by atoms with van der Waals surface area (Å²) in [4.78, 5) is 35.1. The summed E-state index contributed by atoms with van der Waals surface area (Å²) in [6, 6.07) is 12.9. The first kappa shape index (κ1) is 22.2. The van der Waals surface area contributed by atoms with Gasteiger partial charge in [-0.2, -0.15) is 0 Å². The molecule has 4 rings (SSSR count). The predicted octanol–water partition coefficient (Wildman–Crippen LogP) is 4.16. The second-order valence-corrected chi connectivity index (χ2v) is 8.34. The van der Waals surface area contributed by atoms with Gasteiger partial charge < -0.3 is 19.9 Å². The Morgan fingerprint density at radius 2 is 2.03 bits per heavy atom. The fraction of sp³-hybridized carbons (Fsp3) is 0.261. The van der Waals surface area contributed by atoms with E-state index in [0.717, 1.165) is 11.3 Å². The molecule has 32 heavy (non-hydrogen) atoms. The SMILES string of the molecule is COC(=O)[C@H](Cc1ccccc1)NC(=O)N1CCc2[nH]cnc2[C@H]1c1ccc(Cl)cc1Cl. The van der Waals surface area contributed by atoms with Gasteiger partial charge in [0.25, 0.3) is 0 Å². The number of benzene rings is 2. The average molecular weight is 473 g/mol. The standard InChI is InChI=1S/C23H22Cl2N4O3/c1-32-22(30)19(11-14-5-3-2-4-6-14)28-23(31)29-10-9-18-20(27-13-26-18)21(29)16-8-7-15(24)12-17(16)25/h2-8,12-13,19,21H,9-11H2,1H3,(H,26,27)(H,28,31)/t19-,21+/m0/s1. The number of nitrogens with zero attached hydrogens (tertiary/aromatic N) is 2. The number of urea groups is 1. The van der Waals surface area contributed by atoms with Crippen molar-refractivity contribution in [2.75, 3.05) is 13.7 Å². The molecule has 0 saturated carbocycles. The van der Waals surface area contributed by atoms with Crippen LogP contribution in [0.2, 0.25) is 10.0 Å². The molecule has 0 radical (unpaired) electrons. The number of methoxy groups -OCH3 is 1. The van der Waals surface area contributed by atoms with Crippen molar-refractivity contribution in [3.63, 3.8) is 0 Å². The minimum atomic E-state index is -0.836. The van der Waals surface area contributed by atoms with Gasteiger partial charge in [0.2, 0.25) is 0 Å². The summed E-state index contributed by atoms with van der Waals surface area (Å²) in [5.41, 5.74) is 3.28. The van der Waals surface area contributed by atoms with Crippen LogP contribution in [0.1, 0.15) is 28.6 Å². The second-order valence-electron chi connectivity index (χ2n) is 7.49. The fourth-order valence-corrected chi connectivity index (χ4v) is 4.46. The summed E-state index contributed by atoms with van der Waals surface area (Å²) in [6.07, 6.45) is 2.52. The fourth-order valence-electron chi connectivity index (χ4n) is 3.95. The van der Waals surface area contributed by atoms with Crippen LogP contribution in [0, 0.1) is 0 Å². The third-order valence-electron chi connectivity index (χ3n) is 5.51. The molecule has 2 atom stereocenters. The number of carbonyl (C=O) groups excluding carboxylic acids is 2. The minimum Gasteiger partial charge on any atom is -0.467 e. The number of H-pyrrole nitrogens is 1. The number of hydrogen-bond donors (Lipinski definition) is 2. The lowest BCUT2D eigenvalue weighted by molar-refractivity contribution is -0.142. The molecule has 2 heterocycles. The number of esters is 1. The van der Waals surface area contributed by atoms with Gasteiger partial charge in [0.1, 0.15) is 12.1 Å². The number of ether oxygens (including phenoxy) is 1. The minimum absolute atomic E-state index is 0.313. The van der Waals surface area contributed by atoms with Crippen LogP contribution < -0.4 is 5.32 Å². The Morgan fingerprint density at radius 3 is 2.75 bits per heavy atom. The van der Waals surface area contributed by atoms with E-state index in [-0.39, 0.29) is 0 Å². The molecule has 0 saturated heterocycles. The van der Waals surface area contributed by atoms with Crippen molar-refractivity contribution >= 4 is 35.2 Å². The number of fused-ring (bicyclic) bond motifs is 1. The van der Waals surface area contributed by atoms with Crippen LogP contribution in [-0.2, 0) is 22.4 Å². The van der Waals surface area contributed by atoms with E-state index in [4.69, 9.17) is 27.9 Å². The van der Waals surface area contributed by atoms with E-state index in [2.05, 4.69) is 15.3 Å². The zero-order valence-corrected chi connectivity index (χ0v) is 18.9. The first-order valence-corrected chi connectivity index (χ1v) is 10.9. The van der Waals surface area contributed by atoms with Crippen LogP contribution in [0.25, 0.3) is 0 Å². The Morgan fingerprint density at radius 1 is 1.25 bits per heavy atom. The third-order valence-corrected chi connectivity index (χ3v) is 6.07. The molecule has 2 amide bonds. The monoisotopic (exact) mass is 472 g/mol. The molecule has 0 unspecified atom stereocenters. The van der Waals surface area contributed by atoms with E-state index < -0.39 is 24.1 Å². The maximum Gasteiger partial charge on any atom is 0.328 e. The molecule has 166 valence electrons. The molecule has 7 nitrogen and oxygen atoms in total.